The second kappa shape index (κ2) is 2.35. The molecule has 0 amide bonds. The molecule has 0 aromatic carbocycles. The van der Waals surface area contributed by atoms with E-state index in [1.54, 1.807) is 20.8 Å². The smallest absolute Gasteiger partial charge is 0.228 e. The summed E-state index contributed by atoms with van der Waals surface area (Å²) in [5, 5.41) is 0. The van der Waals surface area contributed by atoms with Gasteiger partial charge in [0.25, 0.3) is 0 Å². The van der Waals surface area contributed by atoms with Crippen LogP contribution in [-0.2, 0) is 10.0 Å². The number of nitrogens with zero attached hydrogens (tertiary/aromatic N) is 1. The van der Waals surface area contributed by atoms with E-state index in [1.807, 2.05) is 0 Å². The molecular formula is C6H10BNO2S. The van der Waals surface area contributed by atoms with Crippen molar-refractivity contribution >= 4 is 18.0 Å². The average Bonchev–Trinajstić information content (AvgIpc) is 2.06. The molecule has 3 nitrogen and oxygen atoms in total. The lowest BCUT2D eigenvalue weighted by molar-refractivity contribution is 0.526. The molecule has 0 aromatic heterocycles. The van der Waals surface area contributed by atoms with Crippen LogP contribution in [0.2, 0.25) is 0 Å². The lowest BCUT2D eigenvalue weighted by Crippen LogP contribution is -2.30. The SMILES string of the molecule is [B]N1C(C)C(C)=C(C)S1(=O)=O. The molecule has 0 N–H and O–H groups in total. The van der Waals surface area contributed by atoms with Crippen LogP contribution in [0.3, 0.4) is 0 Å². The van der Waals surface area contributed by atoms with Crippen molar-refractivity contribution in [3.05, 3.63) is 10.5 Å². The first kappa shape index (κ1) is 8.81. The normalized spacial score (nSPS) is 31.4. The maximum atomic E-state index is 11.3. The van der Waals surface area contributed by atoms with E-state index in [9.17, 15) is 8.42 Å². The van der Waals surface area contributed by atoms with Gasteiger partial charge >= 0.3 is 0 Å². The minimum Gasteiger partial charge on any atom is -0.246 e. The molecular weight excluding hydrogens is 161 g/mol. The van der Waals surface area contributed by atoms with Crippen LogP contribution in [0.15, 0.2) is 10.5 Å². The molecule has 1 unspecified atom stereocenters. The summed E-state index contributed by atoms with van der Waals surface area (Å²) in [5.74, 6) is 0. The maximum Gasteiger partial charge on any atom is 0.228 e. The summed E-state index contributed by atoms with van der Waals surface area (Å²) < 4.78 is 23.4. The van der Waals surface area contributed by atoms with Crippen molar-refractivity contribution in [3.63, 3.8) is 0 Å². The van der Waals surface area contributed by atoms with Crippen molar-refractivity contribution in [2.24, 2.45) is 0 Å². The summed E-state index contributed by atoms with van der Waals surface area (Å²) in [6, 6.07) is -0.194. The van der Waals surface area contributed by atoms with Gasteiger partial charge < -0.3 is 0 Å². The summed E-state index contributed by atoms with van der Waals surface area (Å²) in [4.78, 5) is 0.382. The van der Waals surface area contributed by atoms with Gasteiger partial charge in [-0.2, -0.15) is 0 Å². The van der Waals surface area contributed by atoms with Crippen LogP contribution in [0.1, 0.15) is 20.8 Å². The molecule has 1 rings (SSSR count). The van der Waals surface area contributed by atoms with Crippen LogP contribution in [0.5, 0.6) is 0 Å². The monoisotopic (exact) mass is 171 g/mol. The highest BCUT2D eigenvalue weighted by atomic mass is 32.2. The van der Waals surface area contributed by atoms with Crippen molar-refractivity contribution in [1.82, 2.24) is 4.22 Å². The van der Waals surface area contributed by atoms with Gasteiger partial charge in [0.05, 0.1) is 4.91 Å². The third-order valence-corrected chi connectivity index (χ3v) is 4.20. The van der Waals surface area contributed by atoms with Gasteiger partial charge in [0.15, 0.2) is 0 Å². The molecule has 2 radical (unpaired) electrons. The Kier molecular flexibility index (Phi) is 1.88. The quantitative estimate of drug-likeness (QED) is 0.494. The summed E-state index contributed by atoms with van der Waals surface area (Å²) in [6.07, 6.45) is 0. The van der Waals surface area contributed by atoms with E-state index in [0.29, 0.717) is 4.91 Å². The molecule has 0 spiro atoms. The molecule has 1 atom stereocenters. The summed E-state index contributed by atoms with van der Waals surface area (Å²) in [6.45, 7) is 5.13. The summed E-state index contributed by atoms with van der Waals surface area (Å²) in [5.41, 5.74) is 0.826. The largest absolute Gasteiger partial charge is 0.246 e. The van der Waals surface area contributed by atoms with E-state index < -0.39 is 10.0 Å². The van der Waals surface area contributed by atoms with Gasteiger partial charge in [-0.25, -0.2) is 12.6 Å². The Morgan fingerprint density at radius 1 is 1.45 bits per heavy atom. The molecule has 5 heteroatoms. The number of hydrogen-bond acceptors (Lipinski definition) is 2. The van der Waals surface area contributed by atoms with Gasteiger partial charge in [-0.05, 0) is 26.3 Å². The Balaban J connectivity index is 3.28. The highest BCUT2D eigenvalue weighted by molar-refractivity contribution is 7.94. The third kappa shape index (κ3) is 1.03. The molecule has 0 aromatic rings. The molecule has 0 fully saturated rings. The predicted molar refractivity (Wildman–Crippen MR) is 44.3 cm³/mol. The zero-order valence-electron chi connectivity index (χ0n) is 6.83. The van der Waals surface area contributed by atoms with Crippen molar-refractivity contribution < 1.29 is 8.42 Å². The predicted octanol–water partition coefficient (Wildman–Crippen LogP) is 0.398. The Morgan fingerprint density at radius 2 is 1.91 bits per heavy atom. The van der Waals surface area contributed by atoms with Crippen LogP contribution in [0.25, 0.3) is 0 Å². The molecule has 1 aliphatic rings. The first-order valence-corrected chi connectivity index (χ1v) is 4.79. The zero-order chi connectivity index (χ0) is 8.81. The Hall–Kier alpha value is -0.285. The first-order valence-electron chi connectivity index (χ1n) is 3.35. The van der Waals surface area contributed by atoms with Crippen LogP contribution < -0.4 is 0 Å². The minimum absolute atomic E-state index is 0.194. The second-order valence-electron chi connectivity index (χ2n) is 2.75. The lowest BCUT2D eigenvalue weighted by atomic mass is 10.1. The molecule has 11 heavy (non-hydrogen) atoms. The van der Waals surface area contributed by atoms with Gasteiger partial charge in [-0.1, -0.05) is 0 Å². The highest BCUT2D eigenvalue weighted by Gasteiger charge is 2.34. The molecule has 1 heterocycles. The van der Waals surface area contributed by atoms with Crippen LogP contribution in [-0.4, -0.2) is 26.7 Å². The Bertz CT molecular complexity index is 307. The van der Waals surface area contributed by atoms with E-state index in [-0.39, 0.29) is 6.04 Å². The van der Waals surface area contributed by atoms with Gasteiger partial charge in [-0.15, -0.1) is 0 Å². The Labute approximate surface area is 68.6 Å². The van der Waals surface area contributed by atoms with E-state index in [1.165, 1.54) is 0 Å². The molecule has 60 valence electrons. The number of hydrogen-bond donors (Lipinski definition) is 0. The summed E-state index contributed by atoms with van der Waals surface area (Å²) >= 11 is 0. The molecule has 0 aliphatic carbocycles. The maximum absolute atomic E-state index is 11.3. The topological polar surface area (TPSA) is 37.4 Å². The third-order valence-electron chi connectivity index (χ3n) is 2.23. The fourth-order valence-electron chi connectivity index (χ4n) is 1.05. The molecule has 0 bridgehead atoms. The zero-order valence-corrected chi connectivity index (χ0v) is 7.64. The average molecular weight is 171 g/mol. The lowest BCUT2D eigenvalue weighted by Gasteiger charge is -2.15. The molecule has 0 saturated carbocycles. The van der Waals surface area contributed by atoms with Crippen molar-refractivity contribution in [1.29, 1.82) is 0 Å². The van der Waals surface area contributed by atoms with Crippen molar-refractivity contribution in [2.45, 2.75) is 26.8 Å². The van der Waals surface area contributed by atoms with E-state index in [4.69, 9.17) is 7.98 Å². The van der Waals surface area contributed by atoms with Crippen LogP contribution in [0, 0.1) is 0 Å². The second-order valence-corrected chi connectivity index (χ2v) is 4.73. The number of sulfonamides is 1. The molecule has 1 aliphatic heterocycles. The van der Waals surface area contributed by atoms with Gasteiger partial charge in [0.2, 0.25) is 18.0 Å². The Morgan fingerprint density at radius 3 is 2.00 bits per heavy atom. The van der Waals surface area contributed by atoms with Crippen LogP contribution in [0.4, 0.5) is 0 Å². The van der Waals surface area contributed by atoms with Crippen molar-refractivity contribution in [2.75, 3.05) is 0 Å². The highest BCUT2D eigenvalue weighted by Crippen LogP contribution is 2.28. The number of rotatable bonds is 0. The van der Waals surface area contributed by atoms with Gasteiger partial charge in [0, 0.05) is 6.04 Å². The van der Waals surface area contributed by atoms with Gasteiger partial charge in [0.1, 0.15) is 0 Å². The van der Waals surface area contributed by atoms with E-state index >= 15 is 0 Å². The van der Waals surface area contributed by atoms with Crippen molar-refractivity contribution in [3.8, 4) is 0 Å². The minimum atomic E-state index is -3.31. The summed E-state index contributed by atoms with van der Waals surface area (Å²) in [7, 11) is 2.03. The van der Waals surface area contributed by atoms with E-state index in [0.717, 1.165) is 9.79 Å². The fourth-order valence-corrected chi connectivity index (χ4v) is 2.52. The number of allylic oxidation sites excluding steroid dienone is 1. The molecule has 0 saturated heterocycles. The first-order chi connectivity index (χ1) is 4.89. The standard InChI is InChI=1S/C6H10BNO2S/c1-4-5(2)8(7)11(9,10)6(4)3/h5H,1-3H3. The van der Waals surface area contributed by atoms with Gasteiger partial charge in [-0.3, -0.25) is 0 Å². The fraction of sp³-hybridized carbons (Fsp3) is 0.667. The van der Waals surface area contributed by atoms with Crippen LogP contribution >= 0.6 is 0 Å². The van der Waals surface area contributed by atoms with E-state index in [2.05, 4.69) is 0 Å².